The lowest BCUT2D eigenvalue weighted by Crippen LogP contribution is -1.80. The zero-order valence-corrected chi connectivity index (χ0v) is 15.2. The summed E-state index contributed by atoms with van der Waals surface area (Å²) in [6.07, 6.45) is 7.82. The number of ketones is 2. The molecule has 5 N–H and O–H groups in total. The van der Waals surface area contributed by atoms with Crippen molar-refractivity contribution in [2.45, 2.75) is 62.3 Å². The van der Waals surface area contributed by atoms with Crippen LogP contribution >= 0.6 is 0 Å². The molecule has 0 aliphatic heterocycles. The fraction of sp³-hybridized carbons (Fsp3) is 0.706. The number of ether oxygens (including phenoxy) is 1. The number of terminal acetylenes is 1. The molecule has 0 heterocycles. The van der Waals surface area contributed by atoms with Crippen molar-refractivity contribution in [3.8, 4) is 12.5 Å². The summed E-state index contributed by atoms with van der Waals surface area (Å²) in [5.41, 5.74) is 9.00. The number of hydrogen-bond donors (Lipinski definition) is 3. The van der Waals surface area contributed by atoms with E-state index >= 15 is 0 Å². The number of carbonyl (C=O) groups is 3. The van der Waals surface area contributed by atoms with Crippen LogP contribution in [0.3, 0.4) is 0 Å². The Morgan fingerprint density at radius 1 is 0.917 bits per heavy atom. The van der Waals surface area contributed by atoms with Gasteiger partial charge < -0.3 is 30.9 Å². The topological polar surface area (TPSA) is 133 Å². The standard InChI is InChI=1S/2C4H8O.C3H4O.C2H4O2.2CH5N.2CH4/c2*1-3-4(2)5;1-3-4-2;1-2(3)4;2*1-2;;/h2*3H2,1-2H3;1H,2H3;1H3,(H,3,4);2*2H2,1H3;2*1H4. The molecule has 0 aliphatic rings. The van der Waals surface area contributed by atoms with Crippen molar-refractivity contribution in [1.29, 1.82) is 0 Å². The summed E-state index contributed by atoms with van der Waals surface area (Å²) >= 11 is 0. The highest BCUT2D eigenvalue weighted by molar-refractivity contribution is 5.75. The molecule has 0 aromatic rings. The van der Waals surface area contributed by atoms with E-state index in [0.29, 0.717) is 12.8 Å². The molecule has 0 fully saturated rings. The molecule has 0 saturated carbocycles. The highest BCUT2D eigenvalue weighted by atomic mass is 16.5. The molecule has 0 radical (unpaired) electrons. The van der Waals surface area contributed by atoms with Crippen LogP contribution in [0.5, 0.6) is 0 Å². The molecule has 0 saturated heterocycles. The van der Waals surface area contributed by atoms with Gasteiger partial charge in [0.2, 0.25) is 0 Å². The van der Waals surface area contributed by atoms with Gasteiger partial charge in [0, 0.05) is 19.8 Å². The molecule has 0 aromatic carbocycles. The van der Waals surface area contributed by atoms with E-state index in [4.69, 9.17) is 9.90 Å². The lowest BCUT2D eigenvalue weighted by Gasteiger charge is -1.71. The maximum absolute atomic E-state index is 9.81. The minimum Gasteiger partial charge on any atom is -0.481 e. The lowest BCUT2D eigenvalue weighted by molar-refractivity contribution is -0.134. The second-order valence-corrected chi connectivity index (χ2v) is 2.95. The number of Topliss-reactive ketones (excluding diaryl/α,β-unsaturated/α-hetero) is 2. The molecule has 7 heteroatoms. The van der Waals surface area contributed by atoms with Crippen LogP contribution in [-0.4, -0.2) is 43.8 Å². The quantitative estimate of drug-likeness (QED) is 0.649. The summed E-state index contributed by atoms with van der Waals surface area (Å²) in [5.74, 6) is -0.324. The highest BCUT2D eigenvalue weighted by Gasteiger charge is 1.77. The van der Waals surface area contributed by atoms with Gasteiger partial charge >= 0.3 is 0 Å². The van der Waals surface area contributed by atoms with Crippen LogP contribution in [0.15, 0.2) is 0 Å². The van der Waals surface area contributed by atoms with E-state index in [1.54, 1.807) is 13.8 Å². The first kappa shape index (κ1) is 49.5. The number of carboxylic acids is 1. The molecular formula is C17H42N2O5. The number of carbonyl (C=O) groups excluding carboxylic acids is 2. The molecule has 0 aromatic heterocycles. The van der Waals surface area contributed by atoms with Gasteiger partial charge in [-0.25, -0.2) is 0 Å². The van der Waals surface area contributed by atoms with Gasteiger partial charge in [-0.05, 0) is 27.9 Å². The number of nitrogens with two attached hydrogens (primary N) is 2. The normalized spacial score (nSPS) is 5.38. The molecule has 0 rings (SSSR count). The molecule has 0 amide bonds. The van der Waals surface area contributed by atoms with Crippen molar-refractivity contribution >= 4 is 17.5 Å². The Balaban J connectivity index is -0.0000000217. The summed E-state index contributed by atoms with van der Waals surface area (Å²) in [6, 6.07) is 0. The summed E-state index contributed by atoms with van der Waals surface area (Å²) < 4.78 is 4.07. The van der Waals surface area contributed by atoms with Crippen molar-refractivity contribution in [2.24, 2.45) is 11.5 Å². The van der Waals surface area contributed by atoms with Crippen molar-refractivity contribution in [1.82, 2.24) is 0 Å². The third-order valence-corrected chi connectivity index (χ3v) is 1.11. The van der Waals surface area contributed by atoms with Crippen molar-refractivity contribution < 1.29 is 24.2 Å². The maximum atomic E-state index is 9.81. The summed E-state index contributed by atoms with van der Waals surface area (Å²) in [7, 11) is 4.44. The van der Waals surface area contributed by atoms with Crippen LogP contribution in [0.4, 0.5) is 0 Å². The fourth-order valence-electron chi connectivity index (χ4n) is 0. The first-order valence-corrected chi connectivity index (χ1v) is 6.51. The minimum atomic E-state index is -0.833. The molecular weight excluding hydrogens is 312 g/mol. The van der Waals surface area contributed by atoms with Gasteiger partial charge in [-0.15, -0.1) is 0 Å². The van der Waals surface area contributed by atoms with E-state index in [1.807, 2.05) is 20.0 Å². The Bertz CT molecular complexity index is 244. The SMILES string of the molecule is C.C.C#COC.CC(=O)O.CCC(C)=O.CCC(C)=O.CN.CN. The number of rotatable bonds is 2. The van der Waals surface area contributed by atoms with Gasteiger partial charge in [-0.2, -0.15) is 0 Å². The molecule has 0 aliphatic carbocycles. The summed E-state index contributed by atoms with van der Waals surface area (Å²) in [6.45, 7) is 7.95. The van der Waals surface area contributed by atoms with Crippen molar-refractivity contribution in [2.75, 3.05) is 21.2 Å². The molecule has 150 valence electrons. The third-order valence-electron chi connectivity index (χ3n) is 1.11. The third kappa shape index (κ3) is 767. The monoisotopic (exact) mass is 354 g/mol. The van der Waals surface area contributed by atoms with E-state index in [1.165, 1.54) is 21.2 Å². The lowest BCUT2D eigenvalue weighted by atomic mass is 10.4. The van der Waals surface area contributed by atoms with E-state index in [9.17, 15) is 9.59 Å². The second kappa shape index (κ2) is 69.2. The van der Waals surface area contributed by atoms with Crippen LogP contribution in [0.2, 0.25) is 0 Å². The Hall–Kier alpha value is -1.91. The molecule has 0 bridgehead atoms. The Morgan fingerprint density at radius 2 is 1.00 bits per heavy atom. The number of hydrogen-bond acceptors (Lipinski definition) is 6. The Kier molecular flexibility index (Phi) is 143. The first-order chi connectivity index (χ1) is 10.2. The largest absolute Gasteiger partial charge is 0.481 e. The van der Waals surface area contributed by atoms with Crippen LogP contribution < -0.4 is 11.5 Å². The first-order valence-electron chi connectivity index (χ1n) is 6.51. The average molecular weight is 355 g/mol. The number of carboxylic acid groups (broad SMARTS) is 1. The summed E-state index contributed by atoms with van der Waals surface area (Å²) in [5, 5.41) is 7.42. The van der Waals surface area contributed by atoms with Gasteiger partial charge in [0.05, 0.1) is 7.11 Å². The zero-order chi connectivity index (χ0) is 19.6. The predicted octanol–water partition coefficient (Wildman–Crippen LogP) is 2.71. The van der Waals surface area contributed by atoms with Gasteiger partial charge in [0.25, 0.3) is 5.97 Å². The highest BCUT2D eigenvalue weighted by Crippen LogP contribution is 1.72. The smallest absolute Gasteiger partial charge is 0.300 e. The fourth-order valence-corrected chi connectivity index (χ4v) is 0. The van der Waals surface area contributed by atoms with Crippen LogP contribution in [0.25, 0.3) is 0 Å². The van der Waals surface area contributed by atoms with Gasteiger partial charge in [0.15, 0.2) is 0 Å². The molecule has 0 atom stereocenters. The summed E-state index contributed by atoms with van der Waals surface area (Å²) in [4.78, 5) is 28.6. The van der Waals surface area contributed by atoms with Crippen molar-refractivity contribution in [3.63, 3.8) is 0 Å². The van der Waals surface area contributed by atoms with Crippen molar-refractivity contribution in [3.05, 3.63) is 0 Å². The molecule has 24 heavy (non-hydrogen) atoms. The van der Waals surface area contributed by atoms with E-state index in [2.05, 4.69) is 22.6 Å². The number of aliphatic carboxylic acids is 1. The molecule has 7 nitrogen and oxygen atoms in total. The maximum Gasteiger partial charge on any atom is 0.300 e. The van der Waals surface area contributed by atoms with E-state index < -0.39 is 5.97 Å². The molecule has 0 spiro atoms. The number of methoxy groups -OCH3 is 1. The zero-order valence-electron chi connectivity index (χ0n) is 15.2. The molecule has 0 unspecified atom stereocenters. The van der Waals surface area contributed by atoms with Gasteiger partial charge in [-0.1, -0.05) is 35.1 Å². The minimum absolute atomic E-state index is 0. The second-order valence-electron chi connectivity index (χ2n) is 2.95. The van der Waals surface area contributed by atoms with Gasteiger partial charge in [-0.3, -0.25) is 4.79 Å². The van der Waals surface area contributed by atoms with Crippen LogP contribution in [0.1, 0.15) is 62.3 Å². The predicted molar refractivity (Wildman–Crippen MR) is 105 cm³/mol. The van der Waals surface area contributed by atoms with Gasteiger partial charge in [0.1, 0.15) is 17.7 Å². The average Bonchev–Trinajstić information content (AvgIpc) is 2.51. The van der Waals surface area contributed by atoms with E-state index in [-0.39, 0.29) is 26.4 Å². The Labute approximate surface area is 150 Å². The van der Waals surface area contributed by atoms with Crippen LogP contribution in [-0.2, 0) is 19.1 Å². The van der Waals surface area contributed by atoms with Crippen LogP contribution in [0, 0.1) is 12.5 Å². The van der Waals surface area contributed by atoms with E-state index in [0.717, 1.165) is 6.92 Å². The Morgan fingerprint density at radius 3 is 1.00 bits per heavy atom.